The van der Waals surface area contributed by atoms with Crippen LogP contribution in [0.25, 0.3) is 0 Å². The highest BCUT2D eigenvalue weighted by Crippen LogP contribution is 2.17. The number of amides is 2. The molecule has 0 saturated carbocycles. The predicted octanol–water partition coefficient (Wildman–Crippen LogP) is 0.336. The maximum absolute atomic E-state index is 12.1. The zero-order chi connectivity index (χ0) is 14.5. The zero-order valence-corrected chi connectivity index (χ0v) is 13.2. The Balaban J connectivity index is 0.00000361. The van der Waals surface area contributed by atoms with Crippen LogP contribution in [0.4, 0.5) is 0 Å². The van der Waals surface area contributed by atoms with Gasteiger partial charge in [0.1, 0.15) is 6.04 Å². The summed E-state index contributed by atoms with van der Waals surface area (Å²) in [6.07, 6.45) is 1.82. The van der Waals surface area contributed by atoms with Crippen molar-refractivity contribution in [3.63, 3.8) is 0 Å². The zero-order valence-electron chi connectivity index (χ0n) is 12.4. The van der Waals surface area contributed by atoms with Gasteiger partial charge < -0.3 is 21.1 Å². The van der Waals surface area contributed by atoms with Crippen molar-refractivity contribution in [2.45, 2.75) is 57.7 Å². The van der Waals surface area contributed by atoms with Crippen LogP contribution in [0.5, 0.6) is 0 Å². The summed E-state index contributed by atoms with van der Waals surface area (Å²) in [5.41, 5.74) is 5.14. The van der Waals surface area contributed by atoms with Crippen molar-refractivity contribution in [3.8, 4) is 0 Å². The highest BCUT2D eigenvalue weighted by atomic mass is 35.5. The van der Waals surface area contributed by atoms with Crippen LogP contribution in [0.1, 0.15) is 40.0 Å². The molecular weight excluding hydrogens is 282 g/mol. The molecule has 2 atom stereocenters. The maximum Gasteiger partial charge on any atom is 0.242 e. The Kier molecular flexibility index (Phi) is 8.08. The Labute approximate surface area is 126 Å². The van der Waals surface area contributed by atoms with E-state index in [0.29, 0.717) is 26.1 Å². The molecule has 2 unspecified atom stereocenters. The maximum atomic E-state index is 12.1. The minimum absolute atomic E-state index is 0. The summed E-state index contributed by atoms with van der Waals surface area (Å²) in [5.74, 6) is -0.457. The number of hydrogen-bond acceptors (Lipinski definition) is 4. The normalized spacial score (nSPS) is 20.2. The van der Waals surface area contributed by atoms with Crippen LogP contribution >= 0.6 is 12.4 Å². The van der Waals surface area contributed by atoms with Gasteiger partial charge in [-0.15, -0.1) is 12.4 Å². The molecule has 1 heterocycles. The molecule has 1 aliphatic rings. The molecule has 1 fully saturated rings. The summed E-state index contributed by atoms with van der Waals surface area (Å²) < 4.78 is 5.20. The number of rotatable bonds is 5. The summed E-state index contributed by atoms with van der Waals surface area (Å²) in [7, 11) is 0. The highest BCUT2D eigenvalue weighted by Gasteiger charge is 2.37. The molecule has 2 amide bonds. The molecule has 1 rings (SSSR count). The van der Waals surface area contributed by atoms with E-state index >= 15 is 0 Å². The number of hydrogen-bond donors (Lipinski definition) is 3. The quantitative estimate of drug-likeness (QED) is 0.682. The molecule has 0 aromatic carbocycles. The standard InChI is InChI=1S/C13H25N3O3.ClH/c1-4-9(2)15-11(17)10(3)16-12(18)13(14)5-7-19-8-6-13;/h9-10H,4-8,14H2,1-3H3,(H,15,17)(H,16,18);1H. The lowest BCUT2D eigenvalue weighted by Crippen LogP contribution is -2.60. The molecule has 0 radical (unpaired) electrons. The Morgan fingerprint density at radius 2 is 1.80 bits per heavy atom. The van der Waals surface area contributed by atoms with E-state index in [0.717, 1.165) is 6.42 Å². The van der Waals surface area contributed by atoms with E-state index in [9.17, 15) is 9.59 Å². The second kappa shape index (κ2) is 8.44. The topological polar surface area (TPSA) is 93.5 Å². The second-order valence-electron chi connectivity index (χ2n) is 5.28. The van der Waals surface area contributed by atoms with Crippen LogP contribution < -0.4 is 16.4 Å². The fourth-order valence-electron chi connectivity index (χ4n) is 1.84. The molecule has 1 saturated heterocycles. The largest absolute Gasteiger partial charge is 0.381 e. The first kappa shape index (κ1) is 19.1. The van der Waals surface area contributed by atoms with Crippen molar-refractivity contribution in [1.29, 1.82) is 0 Å². The van der Waals surface area contributed by atoms with Gasteiger partial charge in [0.2, 0.25) is 11.8 Å². The van der Waals surface area contributed by atoms with Crippen LogP contribution in [0.2, 0.25) is 0 Å². The summed E-state index contributed by atoms with van der Waals surface area (Å²) >= 11 is 0. The average molecular weight is 308 g/mol. The summed E-state index contributed by atoms with van der Waals surface area (Å²) in [6, 6.07) is -0.480. The lowest BCUT2D eigenvalue weighted by Gasteiger charge is -2.32. The molecule has 118 valence electrons. The van der Waals surface area contributed by atoms with Crippen molar-refractivity contribution in [1.82, 2.24) is 10.6 Å². The van der Waals surface area contributed by atoms with Crippen LogP contribution in [-0.2, 0) is 14.3 Å². The summed E-state index contributed by atoms with van der Waals surface area (Å²) in [6.45, 7) is 6.55. The van der Waals surface area contributed by atoms with Crippen molar-refractivity contribution in [2.24, 2.45) is 5.73 Å². The number of nitrogens with one attached hydrogen (secondary N) is 2. The number of carbonyl (C=O) groups excluding carboxylic acids is 2. The predicted molar refractivity (Wildman–Crippen MR) is 79.7 cm³/mol. The number of halogens is 1. The molecule has 0 spiro atoms. The van der Waals surface area contributed by atoms with Crippen molar-refractivity contribution in [3.05, 3.63) is 0 Å². The third-order valence-corrected chi connectivity index (χ3v) is 3.58. The molecule has 4 N–H and O–H groups in total. The van der Waals surface area contributed by atoms with Gasteiger partial charge in [-0.2, -0.15) is 0 Å². The smallest absolute Gasteiger partial charge is 0.242 e. The molecule has 0 bridgehead atoms. The summed E-state index contributed by atoms with van der Waals surface area (Å²) in [4.78, 5) is 24.0. The minimum Gasteiger partial charge on any atom is -0.381 e. The Morgan fingerprint density at radius 1 is 1.25 bits per heavy atom. The second-order valence-corrected chi connectivity index (χ2v) is 5.28. The lowest BCUT2D eigenvalue weighted by atomic mass is 9.90. The molecular formula is C13H26ClN3O3. The van der Waals surface area contributed by atoms with E-state index in [2.05, 4.69) is 10.6 Å². The van der Waals surface area contributed by atoms with Crippen LogP contribution in [-0.4, -0.2) is 42.7 Å². The van der Waals surface area contributed by atoms with Crippen molar-refractivity contribution >= 4 is 24.2 Å². The molecule has 0 aromatic rings. The Morgan fingerprint density at radius 3 is 2.30 bits per heavy atom. The number of carbonyl (C=O) groups is 2. The van der Waals surface area contributed by atoms with Gasteiger partial charge in [-0.3, -0.25) is 9.59 Å². The first-order chi connectivity index (χ1) is 8.89. The Hall–Kier alpha value is -0.850. The SMILES string of the molecule is CCC(C)NC(=O)C(C)NC(=O)C1(N)CCOCC1.Cl. The van der Waals surface area contributed by atoms with Gasteiger partial charge in [-0.1, -0.05) is 6.92 Å². The van der Waals surface area contributed by atoms with Crippen molar-refractivity contribution < 1.29 is 14.3 Å². The van der Waals surface area contributed by atoms with E-state index in [1.54, 1.807) is 6.92 Å². The fourth-order valence-corrected chi connectivity index (χ4v) is 1.84. The summed E-state index contributed by atoms with van der Waals surface area (Å²) in [5, 5.41) is 5.52. The van der Waals surface area contributed by atoms with Gasteiger partial charge in [-0.05, 0) is 33.1 Å². The fraction of sp³-hybridized carbons (Fsp3) is 0.846. The number of ether oxygens (including phenoxy) is 1. The van der Waals surface area contributed by atoms with Gasteiger partial charge in [0.05, 0.1) is 5.54 Å². The molecule has 7 heteroatoms. The Bertz CT molecular complexity index is 333. The third kappa shape index (κ3) is 5.26. The van der Waals surface area contributed by atoms with Gasteiger partial charge in [0.15, 0.2) is 0 Å². The molecule has 0 aromatic heterocycles. The van der Waals surface area contributed by atoms with E-state index in [1.165, 1.54) is 0 Å². The third-order valence-electron chi connectivity index (χ3n) is 3.58. The average Bonchev–Trinajstić information content (AvgIpc) is 2.39. The van der Waals surface area contributed by atoms with Gasteiger partial charge >= 0.3 is 0 Å². The highest BCUT2D eigenvalue weighted by molar-refractivity contribution is 5.91. The molecule has 1 aliphatic heterocycles. The lowest BCUT2D eigenvalue weighted by molar-refractivity contribution is -0.134. The van der Waals surface area contributed by atoms with Gasteiger partial charge in [0.25, 0.3) is 0 Å². The monoisotopic (exact) mass is 307 g/mol. The molecule has 6 nitrogen and oxygen atoms in total. The van der Waals surface area contributed by atoms with E-state index in [1.807, 2.05) is 13.8 Å². The number of nitrogens with two attached hydrogens (primary N) is 1. The van der Waals surface area contributed by atoms with E-state index in [-0.39, 0.29) is 30.3 Å². The van der Waals surface area contributed by atoms with Crippen LogP contribution in [0, 0.1) is 0 Å². The van der Waals surface area contributed by atoms with Crippen LogP contribution in [0.3, 0.4) is 0 Å². The van der Waals surface area contributed by atoms with E-state index in [4.69, 9.17) is 10.5 Å². The van der Waals surface area contributed by atoms with E-state index < -0.39 is 11.6 Å². The molecule has 0 aliphatic carbocycles. The first-order valence-corrected chi connectivity index (χ1v) is 6.87. The van der Waals surface area contributed by atoms with Gasteiger partial charge in [-0.25, -0.2) is 0 Å². The van der Waals surface area contributed by atoms with Crippen molar-refractivity contribution in [2.75, 3.05) is 13.2 Å². The molecule has 20 heavy (non-hydrogen) atoms. The first-order valence-electron chi connectivity index (χ1n) is 6.87. The van der Waals surface area contributed by atoms with Crippen LogP contribution in [0.15, 0.2) is 0 Å². The minimum atomic E-state index is -0.914. The van der Waals surface area contributed by atoms with Gasteiger partial charge in [0, 0.05) is 19.3 Å².